The van der Waals surface area contributed by atoms with Gasteiger partial charge in [-0.2, -0.15) is 4.39 Å². The van der Waals surface area contributed by atoms with E-state index >= 15 is 0 Å². The maximum absolute atomic E-state index is 12.8. The summed E-state index contributed by atoms with van der Waals surface area (Å²) in [5, 5.41) is 0. The Balaban J connectivity index is 3.28. The third-order valence-electron chi connectivity index (χ3n) is 1.31. The van der Waals surface area contributed by atoms with Gasteiger partial charge in [-0.1, -0.05) is 0 Å². The van der Waals surface area contributed by atoms with Crippen molar-refractivity contribution in [3.63, 3.8) is 0 Å². The summed E-state index contributed by atoms with van der Waals surface area (Å²) in [5.74, 6) is -1.07. The van der Waals surface area contributed by atoms with Gasteiger partial charge in [0.05, 0.1) is 5.56 Å². The molecule has 0 amide bonds. The first kappa shape index (κ1) is 9.76. The van der Waals surface area contributed by atoms with Gasteiger partial charge in [0.2, 0.25) is 5.95 Å². The quantitative estimate of drug-likeness (QED) is 0.571. The fourth-order valence-electron chi connectivity index (χ4n) is 0.801. The van der Waals surface area contributed by atoms with Gasteiger partial charge in [-0.3, -0.25) is 0 Å². The van der Waals surface area contributed by atoms with Crippen LogP contribution in [0.5, 0.6) is 0 Å². The number of pyridine rings is 1. The molecular weight excluding hydrogens is 282 g/mol. The van der Waals surface area contributed by atoms with Crippen molar-refractivity contribution < 1.29 is 13.2 Å². The Morgan fingerprint density at radius 1 is 1.50 bits per heavy atom. The molecule has 0 saturated heterocycles. The average molecular weight is 287 g/mol. The van der Waals surface area contributed by atoms with Crippen molar-refractivity contribution >= 4 is 22.6 Å². The zero-order valence-corrected chi connectivity index (χ0v) is 8.27. The van der Waals surface area contributed by atoms with E-state index in [1.165, 1.54) is 6.07 Å². The van der Waals surface area contributed by atoms with Crippen molar-refractivity contribution in [1.82, 2.24) is 4.98 Å². The van der Waals surface area contributed by atoms with E-state index in [1.807, 2.05) is 0 Å². The van der Waals surface area contributed by atoms with Gasteiger partial charge in [0, 0.05) is 9.26 Å². The fraction of sp³-hybridized carbons (Fsp3) is 0.286. The molecule has 66 valence electrons. The Morgan fingerprint density at radius 3 is 2.50 bits per heavy atom. The molecule has 1 aromatic heterocycles. The molecule has 5 heteroatoms. The minimum atomic E-state index is -2.80. The first-order chi connectivity index (χ1) is 5.52. The maximum Gasteiger partial charge on any atom is 0.269 e. The molecule has 1 aromatic rings. The molecule has 0 spiro atoms. The molecule has 1 rings (SSSR count). The van der Waals surface area contributed by atoms with Crippen LogP contribution < -0.4 is 0 Å². The van der Waals surface area contributed by atoms with Crippen molar-refractivity contribution in [3.05, 3.63) is 26.8 Å². The van der Waals surface area contributed by atoms with Gasteiger partial charge in [0.15, 0.2) is 0 Å². The molecule has 0 saturated carbocycles. The molecule has 0 bridgehead atoms. The highest BCUT2D eigenvalue weighted by molar-refractivity contribution is 14.1. The summed E-state index contributed by atoms with van der Waals surface area (Å²) in [6, 6.07) is 1.42. The lowest BCUT2D eigenvalue weighted by Gasteiger charge is -2.04. The van der Waals surface area contributed by atoms with Crippen LogP contribution in [0.3, 0.4) is 0 Å². The summed E-state index contributed by atoms with van der Waals surface area (Å²) >= 11 is 1.67. The largest absolute Gasteiger partial charge is 0.269 e. The predicted molar refractivity (Wildman–Crippen MR) is 46.6 cm³/mol. The summed E-state index contributed by atoms with van der Waals surface area (Å²) in [4.78, 5) is 3.30. The molecule has 0 radical (unpaired) electrons. The number of rotatable bonds is 1. The Bertz CT molecular complexity index is 278. The van der Waals surface area contributed by atoms with Crippen LogP contribution in [-0.4, -0.2) is 4.98 Å². The van der Waals surface area contributed by atoms with Crippen LogP contribution in [0, 0.1) is 16.4 Å². The van der Waals surface area contributed by atoms with Crippen LogP contribution in [0.25, 0.3) is 0 Å². The second-order valence-corrected chi connectivity index (χ2v) is 3.41. The first-order valence-electron chi connectivity index (χ1n) is 3.13. The lowest BCUT2D eigenvalue weighted by molar-refractivity contribution is 0.144. The van der Waals surface area contributed by atoms with E-state index in [0.29, 0.717) is 5.69 Å². The smallest absolute Gasteiger partial charge is 0.225 e. The maximum atomic E-state index is 12.8. The van der Waals surface area contributed by atoms with Gasteiger partial charge in [-0.05, 0) is 35.6 Å². The van der Waals surface area contributed by atoms with Gasteiger partial charge < -0.3 is 0 Å². The lowest BCUT2D eigenvalue weighted by atomic mass is 10.2. The van der Waals surface area contributed by atoms with E-state index < -0.39 is 17.9 Å². The molecule has 1 nitrogen and oxygen atoms in total. The lowest BCUT2D eigenvalue weighted by Crippen LogP contribution is -1.99. The fourth-order valence-corrected chi connectivity index (χ4v) is 1.71. The molecule has 1 heterocycles. The molecule has 0 fully saturated rings. The Kier molecular flexibility index (Phi) is 2.92. The van der Waals surface area contributed by atoms with Crippen LogP contribution in [0.4, 0.5) is 13.2 Å². The third kappa shape index (κ3) is 1.88. The number of nitrogens with zero attached hydrogens (tertiary/aromatic N) is 1. The second kappa shape index (κ2) is 3.59. The van der Waals surface area contributed by atoms with Crippen LogP contribution in [0.1, 0.15) is 17.7 Å². The van der Waals surface area contributed by atoms with Crippen LogP contribution in [0.2, 0.25) is 0 Å². The average Bonchev–Trinajstić information content (AvgIpc) is 1.82. The highest BCUT2D eigenvalue weighted by Crippen LogP contribution is 2.26. The number of aryl methyl sites for hydroxylation is 1. The highest BCUT2D eigenvalue weighted by Gasteiger charge is 2.18. The minimum absolute atomic E-state index is 0.215. The molecule has 0 atom stereocenters. The van der Waals surface area contributed by atoms with Crippen molar-refractivity contribution in [2.45, 2.75) is 13.3 Å². The molecule has 0 aromatic carbocycles. The summed E-state index contributed by atoms with van der Waals surface area (Å²) in [7, 11) is 0. The summed E-state index contributed by atoms with van der Waals surface area (Å²) in [6.45, 7) is 1.56. The van der Waals surface area contributed by atoms with E-state index in [4.69, 9.17) is 0 Å². The van der Waals surface area contributed by atoms with Crippen molar-refractivity contribution in [3.8, 4) is 0 Å². The van der Waals surface area contributed by atoms with E-state index in [1.54, 1.807) is 29.5 Å². The van der Waals surface area contributed by atoms with Gasteiger partial charge in [-0.25, -0.2) is 13.8 Å². The molecule has 0 aliphatic heterocycles. The van der Waals surface area contributed by atoms with Crippen molar-refractivity contribution in [1.29, 1.82) is 0 Å². The van der Waals surface area contributed by atoms with E-state index in [-0.39, 0.29) is 3.57 Å². The zero-order valence-electron chi connectivity index (χ0n) is 6.11. The highest BCUT2D eigenvalue weighted by atomic mass is 127. The second-order valence-electron chi connectivity index (χ2n) is 2.25. The van der Waals surface area contributed by atoms with Gasteiger partial charge in [0.1, 0.15) is 0 Å². The van der Waals surface area contributed by atoms with Gasteiger partial charge in [-0.15, -0.1) is 0 Å². The van der Waals surface area contributed by atoms with Crippen LogP contribution >= 0.6 is 22.6 Å². The van der Waals surface area contributed by atoms with Crippen molar-refractivity contribution in [2.75, 3.05) is 0 Å². The number of halogens is 4. The minimum Gasteiger partial charge on any atom is -0.225 e. The Morgan fingerprint density at radius 2 is 2.08 bits per heavy atom. The topological polar surface area (TPSA) is 12.9 Å². The number of hydrogen-bond donors (Lipinski definition) is 0. The molecule has 0 unspecified atom stereocenters. The Labute approximate surface area is 81.1 Å². The summed E-state index contributed by atoms with van der Waals surface area (Å²) in [5.41, 5.74) is -0.206. The summed E-state index contributed by atoms with van der Waals surface area (Å²) in [6.07, 6.45) is -2.80. The Hall–Kier alpha value is -0.330. The van der Waals surface area contributed by atoms with Crippen molar-refractivity contribution in [2.24, 2.45) is 0 Å². The third-order valence-corrected chi connectivity index (χ3v) is 2.20. The molecule has 0 N–H and O–H groups in total. The number of aromatic nitrogens is 1. The SMILES string of the molecule is Cc1cc(I)c(C(F)F)c(F)n1. The zero-order chi connectivity index (χ0) is 9.30. The number of alkyl halides is 2. The molecule has 0 aliphatic carbocycles. The van der Waals surface area contributed by atoms with E-state index in [0.717, 1.165) is 0 Å². The normalized spacial score (nSPS) is 10.8. The van der Waals surface area contributed by atoms with E-state index in [2.05, 4.69) is 4.98 Å². The first-order valence-corrected chi connectivity index (χ1v) is 4.21. The predicted octanol–water partition coefficient (Wildman–Crippen LogP) is 3.07. The van der Waals surface area contributed by atoms with E-state index in [9.17, 15) is 13.2 Å². The molecule has 12 heavy (non-hydrogen) atoms. The molecule has 0 aliphatic rings. The summed E-state index contributed by atoms with van der Waals surface area (Å²) < 4.78 is 37.3. The van der Waals surface area contributed by atoms with Crippen LogP contribution in [0.15, 0.2) is 6.07 Å². The van der Waals surface area contributed by atoms with Gasteiger partial charge >= 0.3 is 0 Å². The molecular formula is C7H5F3IN. The van der Waals surface area contributed by atoms with Gasteiger partial charge in [0.25, 0.3) is 6.43 Å². The standard InChI is InChI=1S/C7H5F3IN/c1-3-2-4(11)5(6(8)9)7(10)12-3/h2,6H,1H3. The van der Waals surface area contributed by atoms with Crippen LogP contribution in [-0.2, 0) is 0 Å². The monoisotopic (exact) mass is 287 g/mol. The number of hydrogen-bond acceptors (Lipinski definition) is 1.